The van der Waals surface area contributed by atoms with Crippen LogP contribution in [0.4, 0.5) is 4.79 Å². The lowest BCUT2D eigenvalue weighted by molar-refractivity contribution is -0.129. The van der Waals surface area contributed by atoms with Crippen LogP contribution in [-0.4, -0.2) is 67.0 Å². The number of carbonyl (C=O) groups excluding carboxylic acids is 2. The molecule has 0 bridgehead atoms. The summed E-state index contributed by atoms with van der Waals surface area (Å²) >= 11 is 0. The summed E-state index contributed by atoms with van der Waals surface area (Å²) in [5.74, 6) is 0.517. The van der Waals surface area contributed by atoms with Gasteiger partial charge in [0.1, 0.15) is 0 Å². The van der Waals surface area contributed by atoms with Crippen LogP contribution in [0.2, 0.25) is 0 Å². The molecule has 1 unspecified atom stereocenters. The van der Waals surface area contributed by atoms with Crippen molar-refractivity contribution < 1.29 is 9.59 Å². The van der Waals surface area contributed by atoms with Gasteiger partial charge in [0, 0.05) is 25.7 Å². The van der Waals surface area contributed by atoms with Gasteiger partial charge in [-0.2, -0.15) is 0 Å². The third kappa shape index (κ3) is 3.93. The van der Waals surface area contributed by atoms with Crippen molar-refractivity contribution in [3.63, 3.8) is 0 Å². The Morgan fingerprint density at radius 1 is 1.45 bits per heavy atom. The van der Waals surface area contributed by atoms with E-state index in [-0.39, 0.29) is 11.9 Å². The summed E-state index contributed by atoms with van der Waals surface area (Å²) in [6.07, 6.45) is 2.42. The van der Waals surface area contributed by atoms with E-state index in [2.05, 4.69) is 29.4 Å². The third-order valence-electron chi connectivity index (χ3n) is 4.12. The van der Waals surface area contributed by atoms with E-state index in [1.807, 2.05) is 0 Å². The number of imide groups is 1. The number of urea groups is 1. The molecule has 0 aliphatic carbocycles. The smallest absolute Gasteiger partial charge is 0.324 e. The van der Waals surface area contributed by atoms with Crippen molar-refractivity contribution >= 4 is 11.9 Å². The van der Waals surface area contributed by atoms with E-state index in [4.69, 9.17) is 0 Å². The lowest BCUT2D eigenvalue weighted by Crippen LogP contribution is -2.47. The Bertz CT molecular complexity index is 353. The minimum Gasteiger partial charge on any atom is -0.336 e. The molecule has 0 radical (unpaired) electrons. The highest BCUT2D eigenvalue weighted by Gasteiger charge is 2.29. The van der Waals surface area contributed by atoms with Crippen molar-refractivity contribution in [3.05, 3.63) is 0 Å². The van der Waals surface area contributed by atoms with Gasteiger partial charge in [-0.1, -0.05) is 0 Å². The highest BCUT2D eigenvalue weighted by atomic mass is 16.2. The summed E-state index contributed by atoms with van der Waals surface area (Å²) in [5, 5.41) is 6.08. The van der Waals surface area contributed by atoms with Crippen molar-refractivity contribution in [1.29, 1.82) is 0 Å². The summed E-state index contributed by atoms with van der Waals surface area (Å²) in [6.45, 7) is 8.66. The Balaban J connectivity index is 1.87. The second-order valence-corrected chi connectivity index (χ2v) is 6.01. The van der Waals surface area contributed by atoms with Gasteiger partial charge in [0.2, 0.25) is 5.91 Å². The van der Waals surface area contributed by atoms with Crippen molar-refractivity contribution in [2.75, 3.05) is 39.3 Å². The van der Waals surface area contributed by atoms with Gasteiger partial charge in [-0.25, -0.2) is 4.79 Å². The molecule has 0 aromatic carbocycles. The molecule has 2 N–H and O–H groups in total. The minimum atomic E-state index is -0.252. The predicted octanol–water partition coefficient (Wildman–Crippen LogP) is 0.248. The molecule has 20 heavy (non-hydrogen) atoms. The quantitative estimate of drug-likeness (QED) is 0.758. The molecule has 2 rings (SSSR count). The maximum absolute atomic E-state index is 12.2. The summed E-state index contributed by atoms with van der Waals surface area (Å²) in [7, 11) is 0. The first-order valence-corrected chi connectivity index (χ1v) is 7.61. The van der Waals surface area contributed by atoms with Crippen LogP contribution in [0.1, 0.15) is 26.7 Å². The molecule has 2 aliphatic rings. The number of amides is 3. The Labute approximate surface area is 120 Å². The lowest BCUT2D eigenvalue weighted by atomic mass is 9.98. The molecule has 6 nitrogen and oxygen atoms in total. The summed E-state index contributed by atoms with van der Waals surface area (Å²) in [4.78, 5) is 27.3. The normalized spacial score (nSPS) is 23.5. The molecule has 6 heteroatoms. The Hall–Kier alpha value is -1.14. The molecule has 0 saturated carbocycles. The van der Waals surface area contributed by atoms with Crippen molar-refractivity contribution in [3.8, 4) is 0 Å². The molecule has 114 valence electrons. The molecule has 3 amide bonds. The number of carbonyl (C=O) groups is 2. The van der Waals surface area contributed by atoms with Crippen molar-refractivity contribution in [2.24, 2.45) is 5.92 Å². The highest BCUT2D eigenvalue weighted by molar-refractivity contribution is 5.96. The molecule has 2 aliphatic heterocycles. The number of piperidine rings is 1. The average Bonchev–Trinajstić information content (AvgIpc) is 2.85. The van der Waals surface area contributed by atoms with E-state index in [0.717, 1.165) is 19.6 Å². The highest BCUT2D eigenvalue weighted by Crippen LogP contribution is 2.14. The zero-order valence-electron chi connectivity index (χ0n) is 12.5. The van der Waals surface area contributed by atoms with E-state index >= 15 is 0 Å². The van der Waals surface area contributed by atoms with Crippen LogP contribution in [-0.2, 0) is 4.79 Å². The van der Waals surface area contributed by atoms with Gasteiger partial charge in [0.25, 0.3) is 0 Å². The van der Waals surface area contributed by atoms with E-state index < -0.39 is 0 Å². The van der Waals surface area contributed by atoms with Crippen molar-refractivity contribution in [2.45, 2.75) is 32.7 Å². The SMILES string of the molecule is CC(C)N(CC(=O)N1CCNC1=O)CC1CCCNC1. The topological polar surface area (TPSA) is 64.7 Å². The van der Waals surface area contributed by atoms with Crippen LogP contribution >= 0.6 is 0 Å². The Kier molecular flexibility index (Phi) is 5.37. The second kappa shape index (κ2) is 7.04. The molecular formula is C14H26N4O2. The van der Waals surface area contributed by atoms with Crippen molar-refractivity contribution in [1.82, 2.24) is 20.4 Å². The maximum atomic E-state index is 12.2. The average molecular weight is 282 g/mol. The fourth-order valence-corrected chi connectivity index (χ4v) is 2.84. The predicted molar refractivity (Wildman–Crippen MR) is 77.4 cm³/mol. The molecule has 0 aromatic heterocycles. The van der Waals surface area contributed by atoms with Gasteiger partial charge in [0.05, 0.1) is 6.54 Å². The lowest BCUT2D eigenvalue weighted by Gasteiger charge is -2.32. The number of nitrogens with one attached hydrogen (secondary N) is 2. The third-order valence-corrected chi connectivity index (χ3v) is 4.12. The maximum Gasteiger partial charge on any atom is 0.324 e. The first kappa shape index (κ1) is 15.3. The van der Waals surface area contributed by atoms with E-state index in [0.29, 0.717) is 31.6 Å². The molecule has 2 fully saturated rings. The zero-order valence-corrected chi connectivity index (χ0v) is 12.5. The van der Waals surface area contributed by atoms with Crippen LogP contribution in [0, 0.1) is 5.92 Å². The molecule has 0 aromatic rings. The van der Waals surface area contributed by atoms with Crippen LogP contribution in [0.3, 0.4) is 0 Å². The van der Waals surface area contributed by atoms with Crippen LogP contribution in [0.5, 0.6) is 0 Å². The number of nitrogens with zero attached hydrogens (tertiary/aromatic N) is 2. The van der Waals surface area contributed by atoms with Crippen LogP contribution in [0.25, 0.3) is 0 Å². The van der Waals surface area contributed by atoms with E-state index in [9.17, 15) is 9.59 Å². The van der Waals surface area contributed by atoms with E-state index in [1.54, 1.807) is 0 Å². The standard InChI is InChI=1S/C14H26N4O2/c1-11(2)17(9-12-4-3-5-15-8-12)10-13(19)18-7-6-16-14(18)20/h11-12,15H,3-10H2,1-2H3,(H,16,20). The van der Waals surface area contributed by atoms with Crippen LogP contribution in [0.15, 0.2) is 0 Å². The first-order chi connectivity index (χ1) is 9.58. The Morgan fingerprint density at radius 3 is 2.80 bits per heavy atom. The zero-order chi connectivity index (χ0) is 14.5. The monoisotopic (exact) mass is 282 g/mol. The van der Waals surface area contributed by atoms with Gasteiger partial charge in [0.15, 0.2) is 0 Å². The first-order valence-electron chi connectivity index (χ1n) is 7.61. The molecule has 2 heterocycles. The van der Waals surface area contributed by atoms with Gasteiger partial charge in [-0.3, -0.25) is 14.6 Å². The largest absolute Gasteiger partial charge is 0.336 e. The minimum absolute atomic E-state index is 0.0857. The summed E-state index contributed by atoms with van der Waals surface area (Å²) in [5.41, 5.74) is 0. The van der Waals surface area contributed by atoms with Gasteiger partial charge in [-0.15, -0.1) is 0 Å². The van der Waals surface area contributed by atoms with Gasteiger partial charge < -0.3 is 10.6 Å². The Morgan fingerprint density at radius 2 is 2.25 bits per heavy atom. The summed E-state index contributed by atoms with van der Waals surface area (Å²) in [6, 6.07) is 0.0598. The molecular weight excluding hydrogens is 256 g/mol. The molecule has 2 saturated heterocycles. The van der Waals surface area contributed by atoms with Gasteiger partial charge in [-0.05, 0) is 45.7 Å². The van der Waals surface area contributed by atoms with Crippen LogP contribution < -0.4 is 10.6 Å². The fourth-order valence-electron chi connectivity index (χ4n) is 2.84. The number of hydrogen-bond acceptors (Lipinski definition) is 4. The summed E-state index contributed by atoms with van der Waals surface area (Å²) < 4.78 is 0. The second-order valence-electron chi connectivity index (χ2n) is 6.01. The van der Waals surface area contributed by atoms with E-state index in [1.165, 1.54) is 17.7 Å². The van der Waals surface area contributed by atoms with Gasteiger partial charge >= 0.3 is 6.03 Å². The fraction of sp³-hybridized carbons (Fsp3) is 0.857. The molecule has 1 atom stereocenters. The molecule has 0 spiro atoms. The number of rotatable bonds is 5. The number of hydrogen-bond donors (Lipinski definition) is 2.